The molecule has 0 radical (unpaired) electrons. The minimum atomic E-state index is -4.50. The van der Waals surface area contributed by atoms with Crippen LogP contribution < -0.4 is 21.9 Å². The molecule has 0 aliphatic rings. The fraction of sp³-hybridized carbons (Fsp3) is 0.455. The number of nitrogens with one attached hydrogen (secondary N) is 3. The van der Waals surface area contributed by atoms with Crippen molar-refractivity contribution < 1.29 is 18.0 Å². The van der Waals surface area contributed by atoms with Crippen molar-refractivity contribution in [2.45, 2.75) is 6.18 Å². The fourth-order valence-electron chi connectivity index (χ4n) is 1.38. The van der Waals surface area contributed by atoms with E-state index in [-0.39, 0.29) is 30.8 Å². The molecule has 0 spiro atoms. The highest BCUT2D eigenvalue weighted by molar-refractivity contribution is 5.73. The van der Waals surface area contributed by atoms with Crippen LogP contribution >= 0.6 is 0 Å². The first kappa shape index (κ1) is 16.8. The lowest BCUT2D eigenvalue weighted by Gasteiger charge is -2.14. The SMILES string of the molecule is CN(C)C(=O)NCCNc1cc(C(F)(F)F)cc(NN)n1. The number of hydrogen-bond donors (Lipinski definition) is 4. The van der Waals surface area contributed by atoms with Gasteiger partial charge in [0, 0.05) is 27.2 Å². The van der Waals surface area contributed by atoms with Crippen molar-refractivity contribution in [3.63, 3.8) is 0 Å². The van der Waals surface area contributed by atoms with E-state index in [4.69, 9.17) is 5.84 Å². The maximum atomic E-state index is 12.7. The topological polar surface area (TPSA) is 95.3 Å². The van der Waals surface area contributed by atoms with Crippen molar-refractivity contribution in [3.05, 3.63) is 17.7 Å². The van der Waals surface area contributed by atoms with Crippen LogP contribution in [0.25, 0.3) is 0 Å². The van der Waals surface area contributed by atoms with Crippen molar-refractivity contribution in [1.82, 2.24) is 15.2 Å². The first-order valence-electron chi connectivity index (χ1n) is 5.99. The second-order valence-corrected chi connectivity index (χ2v) is 4.32. The fourth-order valence-corrected chi connectivity index (χ4v) is 1.38. The number of carbonyl (C=O) groups is 1. The van der Waals surface area contributed by atoms with Crippen molar-refractivity contribution in [1.29, 1.82) is 0 Å². The van der Waals surface area contributed by atoms with Crippen molar-refractivity contribution in [3.8, 4) is 0 Å². The van der Waals surface area contributed by atoms with Gasteiger partial charge in [-0.1, -0.05) is 0 Å². The molecule has 0 fully saturated rings. The summed E-state index contributed by atoms with van der Waals surface area (Å²) in [7, 11) is 3.16. The summed E-state index contributed by atoms with van der Waals surface area (Å²) in [6.07, 6.45) is -4.50. The molecule has 0 saturated carbocycles. The molecule has 0 aromatic carbocycles. The van der Waals surface area contributed by atoms with Gasteiger partial charge in [-0.15, -0.1) is 0 Å². The number of nitrogens with two attached hydrogens (primary N) is 1. The van der Waals surface area contributed by atoms with E-state index in [1.54, 1.807) is 14.1 Å². The second kappa shape index (κ2) is 6.97. The number of aromatic nitrogens is 1. The van der Waals surface area contributed by atoms with E-state index < -0.39 is 11.7 Å². The summed E-state index contributed by atoms with van der Waals surface area (Å²) in [5.74, 6) is 4.99. The minimum absolute atomic E-state index is 0.0110. The molecule has 1 aromatic rings. The maximum Gasteiger partial charge on any atom is 0.416 e. The Labute approximate surface area is 119 Å². The van der Waals surface area contributed by atoms with E-state index in [0.717, 1.165) is 12.1 Å². The lowest BCUT2D eigenvalue weighted by Crippen LogP contribution is -2.37. The van der Waals surface area contributed by atoms with Crippen LogP contribution in [0.5, 0.6) is 0 Å². The van der Waals surface area contributed by atoms with Gasteiger partial charge < -0.3 is 21.0 Å². The van der Waals surface area contributed by atoms with Crippen LogP contribution in [0, 0.1) is 0 Å². The summed E-state index contributed by atoms with van der Waals surface area (Å²) in [5, 5.41) is 5.25. The third kappa shape index (κ3) is 5.34. The molecular weight excluding hydrogens is 289 g/mol. The molecule has 1 rings (SSSR count). The molecule has 2 amide bonds. The van der Waals surface area contributed by atoms with Gasteiger partial charge in [0.1, 0.15) is 11.6 Å². The number of nitrogens with zero attached hydrogens (tertiary/aromatic N) is 2. The van der Waals surface area contributed by atoms with Gasteiger partial charge in [0.15, 0.2) is 0 Å². The summed E-state index contributed by atoms with van der Waals surface area (Å²) >= 11 is 0. The lowest BCUT2D eigenvalue weighted by molar-refractivity contribution is -0.137. The van der Waals surface area contributed by atoms with Crippen molar-refractivity contribution >= 4 is 17.7 Å². The van der Waals surface area contributed by atoms with Crippen LogP contribution in [-0.4, -0.2) is 43.1 Å². The zero-order valence-electron chi connectivity index (χ0n) is 11.6. The van der Waals surface area contributed by atoms with Gasteiger partial charge in [0.05, 0.1) is 5.56 Å². The smallest absolute Gasteiger partial charge is 0.368 e. The Morgan fingerprint density at radius 3 is 2.43 bits per heavy atom. The van der Waals surface area contributed by atoms with Crippen molar-refractivity contribution in [2.24, 2.45) is 5.84 Å². The minimum Gasteiger partial charge on any atom is -0.368 e. The Kier molecular flexibility index (Phi) is 5.59. The monoisotopic (exact) mass is 306 g/mol. The predicted octanol–water partition coefficient (Wildman–Crippen LogP) is 1.07. The molecule has 1 aromatic heterocycles. The molecule has 118 valence electrons. The molecule has 0 saturated heterocycles. The summed E-state index contributed by atoms with van der Waals surface area (Å²) in [5.41, 5.74) is 1.21. The van der Waals surface area contributed by atoms with Crippen LogP contribution in [0.1, 0.15) is 5.56 Å². The zero-order valence-corrected chi connectivity index (χ0v) is 11.6. The normalized spacial score (nSPS) is 11.0. The van der Waals surface area contributed by atoms with Gasteiger partial charge in [0.2, 0.25) is 0 Å². The highest BCUT2D eigenvalue weighted by atomic mass is 19.4. The third-order valence-corrected chi connectivity index (χ3v) is 2.41. The van der Waals surface area contributed by atoms with Crippen LogP contribution in [-0.2, 0) is 6.18 Å². The number of anilines is 2. The number of amides is 2. The largest absolute Gasteiger partial charge is 0.416 e. The number of urea groups is 1. The molecule has 0 aliphatic carbocycles. The van der Waals surface area contributed by atoms with Crippen LogP contribution in [0.15, 0.2) is 12.1 Å². The summed E-state index contributed by atoms with van der Waals surface area (Å²) in [6.45, 7) is 0.457. The van der Waals surface area contributed by atoms with E-state index in [2.05, 4.69) is 21.0 Å². The number of pyridine rings is 1. The Hall–Kier alpha value is -2.23. The molecule has 0 bridgehead atoms. The van der Waals surface area contributed by atoms with Gasteiger partial charge in [-0.2, -0.15) is 13.2 Å². The molecule has 7 nitrogen and oxygen atoms in total. The number of halogens is 3. The van der Waals surface area contributed by atoms with Crippen LogP contribution in [0.2, 0.25) is 0 Å². The molecule has 10 heteroatoms. The quantitative estimate of drug-likeness (QED) is 0.371. The van der Waals surface area contributed by atoms with E-state index in [1.807, 2.05) is 0 Å². The van der Waals surface area contributed by atoms with Gasteiger partial charge >= 0.3 is 12.2 Å². The number of hydrogen-bond acceptors (Lipinski definition) is 5. The number of alkyl halides is 3. The first-order chi connectivity index (χ1) is 9.74. The lowest BCUT2D eigenvalue weighted by atomic mass is 10.2. The average Bonchev–Trinajstić information content (AvgIpc) is 2.41. The third-order valence-electron chi connectivity index (χ3n) is 2.41. The number of nitrogen functional groups attached to an aromatic ring is 1. The molecular formula is C11H17F3N6O. The predicted molar refractivity (Wildman–Crippen MR) is 72.6 cm³/mol. The molecule has 0 aliphatic heterocycles. The number of rotatable bonds is 5. The Bertz CT molecular complexity index is 491. The standard InChI is InChI=1S/C11H17F3N6O/c1-20(2)10(21)17-4-3-16-8-5-7(11(12,13)14)6-9(18-8)19-15/h5-6H,3-4,15H2,1-2H3,(H,17,21)(H2,16,18,19). The van der Waals surface area contributed by atoms with E-state index >= 15 is 0 Å². The van der Waals surface area contributed by atoms with Gasteiger partial charge in [-0.05, 0) is 12.1 Å². The van der Waals surface area contributed by atoms with Crippen molar-refractivity contribution in [2.75, 3.05) is 37.9 Å². The van der Waals surface area contributed by atoms with Gasteiger partial charge in [-0.25, -0.2) is 15.6 Å². The summed E-state index contributed by atoms with van der Waals surface area (Å²) in [6, 6.07) is 1.38. The van der Waals surface area contributed by atoms with Gasteiger partial charge in [-0.3, -0.25) is 0 Å². The molecule has 0 atom stereocenters. The van der Waals surface area contributed by atoms with E-state index in [9.17, 15) is 18.0 Å². The molecule has 5 N–H and O–H groups in total. The summed E-state index contributed by atoms with van der Waals surface area (Å²) in [4.78, 5) is 16.4. The zero-order chi connectivity index (χ0) is 16.0. The molecule has 1 heterocycles. The Balaban J connectivity index is 2.64. The first-order valence-corrected chi connectivity index (χ1v) is 5.99. The Morgan fingerprint density at radius 1 is 1.29 bits per heavy atom. The molecule has 21 heavy (non-hydrogen) atoms. The maximum absolute atomic E-state index is 12.7. The van der Waals surface area contributed by atoms with Crippen LogP contribution in [0.4, 0.5) is 29.6 Å². The Morgan fingerprint density at radius 2 is 1.90 bits per heavy atom. The highest BCUT2D eigenvalue weighted by Gasteiger charge is 2.31. The average molecular weight is 306 g/mol. The van der Waals surface area contributed by atoms with Crippen LogP contribution in [0.3, 0.4) is 0 Å². The number of carbonyl (C=O) groups excluding carboxylic acids is 1. The van der Waals surface area contributed by atoms with Gasteiger partial charge in [0.25, 0.3) is 0 Å². The number of hydrazine groups is 1. The molecule has 0 unspecified atom stereocenters. The van der Waals surface area contributed by atoms with E-state index in [1.165, 1.54) is 4.90 Å². The summed E-state index contributed by atoms with van der Waals surface area (Å²) < 4.78 is 38.0. The highest BCUT2D eigenvalue weighted by Crippen LogP contribution is 2.31. The second-order valence-electron chi connectivity index (χ2n) is 4.32. The van der Waals surface area contributed by atoms with E-state index in [0.29, 0.717) is 0 Å².